The number of allylic oxidation sites excluding steroid dienone is 14. The Balaban J connectivity index is 4.30. The maximum absolute atomic E-state index is 12.6. The van der Waals surface area contributed by atoms with Gasteiger partial charge in [-0.25, -0.2) is 4.57 Å². The van der Waals surface area contributed by atoms with Gasteiger partial charge >= 0.3 is 19.8 Å². The van der Waals surface area contributed by atoms with Gasteiger partial charge in [0, 0.05) is 13.0 Å². The summed E-state index contributed by atoms with van der Waals surface area (Å²) in [5, 5.41) is 8.89. The topological polar surface area (TPSA) is 155 Å². The van der Waals surface area contributed by atoms with Crippen LogP contribution in [0.15, 0.2) is 85.1 Å². The van der Waals surface area contributed by atoms with E-state index in [1.165, 1.54) is 44.9 Å². The molecule has 0 radical (unpaired) electrons. The number of carboxylic acids is 1. The van der Waals surface area contributed by atoms with E-state index >= 15 is 0 Å². The van der Waals surface area contributed by atoms with Gasteiger partial charge in [0.2, 0.25) is 0 Å². The summed E-state index contributed by atoms with van der Waals surface area (Å²) in [7, 11) is -4.63. The Hall–Kier alpha value is -2.85. The van der Waals surface area contributed by atoms with E-state index in [-0.39, 0.29) is 13.0 Å². The predicted molar refractivity (Wildman–Crippen MR) is 240 cm³/mol. The molecule has 0 aliphatic carbocycles. The zero-order valence-electron chi connectivity index (χ0n) is 36.1. The highest BCUT2D eigenvalue weighted by molar-refractivity contribution is 7.47. The molecule has 3 unspecified atom stereocenters. The van der Waals surface area contributed by atoms with E-state index in [1.807, 2.05) is 0 Å². The van der Waals surface area contributed by atoms with Gasteiger partial charge in [-0.2, -0.15) is 0 Å². The normalized spacial score (nSPS) is 14.7. The van der Waals surface area contributed by atoms with Crippen LogP contribution in [0, 0.1) is 0 Å². The van der Waals surface area contributed by atoms with Crippen molar-refractivity contribution in [2.75, 3.05) is 26.4 Å². The molecule has 0 heterocycles. The third-order valence-corrected chi connectivity index (χ3v) is 9.86. The lowest BCUT2D eigenvalue weighted by molar-refractivity contribution is -0.154. The summed E-state index contributed by atoms with van der Waals surface area (Å²) in [6.07, 6.45) is 53.5. The van der Waals surface area contributed by atoms with Gasteiger partial charge in [0.05, 0.1) is 19.8 Å². The zero-order valence-corrected chi connectivity index (χ0v) is 37.0. The molecule has 3 atom stereocenters. The minimum absolute atomic E-state index is 0.00305. The highest BCUT2D eigenvalue weighted by Gasteiger charge is 2.27. The van der Waals surface area contributed by atoms with E-state index < -0.39 is 45.1 Å². The average molecular weight is 834 g/mol. The van der Waals surface area contributed by atoms with Crippen molar-refractivity contribution >= 4 is 19.8 Å². The Morgan fingerprint density at radius 3 is 1.52 bits per heavy atom. The lowest BCUT2D eigenvalue weighted by Crippen LogP contribution is -2.34. The van der Waals surface area contributed by atoms with Gasteiger partial charge in [0.25, 0.3) is 0 Å². The zero-order chi connectivity index (χ0) is 42.6. The molecule has 0 spiro atoms. The highest BCUT2D eigenvalue weighted by atomic mass is 31.2. The summed E-state index contributed by atoms with van der Waals surface area (Å²) in [5.41, 5.74) is 5.35. The molecule has 4 N–H and O–H groups in total. The maximum Gasteiger partial charge on any atom is 0.472 e. The second-order valence-electron chi connectivity index (χ2n) is 14.4. The minimum Gasteiger partial charge on any atom is -0.480 e. The average Bonchev–Trinajstić information content (AvgIpc) is 3.20. The van der Waals surface area contributed by atoms with Gasteiger partial charge in [0.1, 0.15) is 12.1 Å². The molecular weight excluding hydrogens is 753 g/mol. The number of carbonyl (C=O) groups excluding carboxylic acids is 1. The van der Waals surface area contributed by atoms with Crippen LogP contribution in [-0.4, -0.2) is 60.5 Å². The number of nitrogens with two attached hydrogens (primary N) is 1. The van der Waals surface area contributed by atoms with Crippen LogP contribution in [0.5, 0.6) is 0 Å². The van der Waals surface area contributed by atoms with Crippen LogP contribution in [0.3, 0.4) is 0 Å². The van der Waals surface area contributed by atoms with Crippen molar-refractivity contribution in [2.45, 2.75) is 174 Å². The Bertz CT molecular complexity index is 1240. The molecule has 332 valence electrons. The molecule has 58 heavy (non-hydrogen) atoms. The molecule has 11 heteroatoms. The van der Waals surface area contributed by atoms with Crippen LogP contribution in [0.1, 0.15) is 162 Å². The molecule has 0 aliphatic heterocycles. The van der Waals surface area contributed by atoms with Crippen molar-refractivity contribution in [3.63, 3.8) is 0 Å². The molecule has 0 bridgehead atoms. The SMILES string of the molecule is CC/C=C\C/C=C\C/C=C\C/C=C\C/C=C\C/C=C\CCCCCCC(=O)OC(COCCCCCCCC/C=C\CCCCC)COP(=O)(O)OCC(N)C(=O)O. The van der Waals surface area contributed by atoms with E-state index in [0.29, 0.717) is 13.0 Å². The first-order valence-corrected chi connectivity index (χ1v) is 23.6. The Kier molecular flexibility index (Phi) is 40.2. The number of carboxylic acid groups (broad SMARTS) is 1. The van der Waals surface area contributed by atoms with Crippen molar-refractivity contribution in [3.8, 4) is 0 Å². The van der Waals surface area contributed by atoms with E-state index in [2.05, 4.69) is 98.9 Å². The molecule has 0 saturated carbocycles. The van der Waals surface area contributed by atoms with Gasteiger partial charge in [0.15, 0.2) is 0 Å². The van der Waals surface area contributed by atoms with Crippen molar-refractivity contribution in [1.29, 1.82) is 0 Å². The first-order valence-electron chi connectivity index (χ1n) is 22.1. The first-order chi connectivity index (χ1) is 28.2. The quantitative estimate of drug-likeness (QED) is 0.0235. The van der Waals surface area contributed by atoms with E-state index in [1.54, 1.807) is 0 Å². The van der Waals surface area contributed by atoms with Crippen molar-refractivity contribution in [1.82, 2.24) is 0 Å². The summed E-state index contributed by atoms with van der Waals surface area (Å²) in [6.45, 7) is 3.68. The van der Waals surface area contributed by atoms with E-state index in [4.69, 9.17) is 29.4 Å². The van der Waals surface area contributed by atoms with E-state index in [0.717, 1.165) is 89.9 Å². The molecular formula is C47H80NO9P. The first kappa shape index (κ1) is 55.2. The largest absolute Gasteiger partial charge is 0.480 e. The standard InChI is InChI=1S/C47H80NO9P/c1-3-5-7-9-11-13-15-17-18-19-20-21-22-23-24-25-26-27-29-31-33-35-37-39-46(49)57-44(42-55-58(52,53)56-43-45(48)47(50)51)41-54-40-38-36-34-32-30-28-16-14-12-10-8-6-4-2/h5,7,11-14,17-18,20-21,23-24,26-27,44-45H,3-4,6,8-10,15-16,19,22,25,28-43,48H2,1-2H3,(H,50,51)(H,52,53)/b7-5-,13-11-,14-12-,18-17-,21-20-,24-23-,27-26-. The highest BCUT2D eigenvalue weighted by Crippen LogP contribution is 2.43. The fourth-order valence-corrected chi connectivity index (χ4v) is 6.26. The Morgan fingerprint density at radius 1 is 0.569 bits per heavy atom. The smallest absolute Gasteiger partial charge is 0.472 e. The van der Waals surface area contributed by atoms with Gasteiger partial charge in [-0.3, -0.25) is 18.6 Å². The number of phosphoric acid groups is 1. The molecule has 0 aromatic rings. The number of aliphatic carboxylic acids is 1. The molecule has 0 rings (SSSR count). The Morgan fingerprint density at radius 2 is 1.00 bits per heavy atom. The molecule has 0 saturated heterocycles. The van der Waals surface area contributed by atoms with Crippen molar-refractivity contribution in [3.05, 3.63) is 85.1 Å². The second kappa shape index (κ2) is 42.3. The maximum atomic E-state index is 12.6. The van der Waals surface area contributed by atoms with Crippen LogP contribution in [0.25, 0.3) is 0 Å². The van der Waals surface area contributed by atoms with E-state index in [9.17, 15) is 19.0 Å². The summed E-state index contributed by atoms with van der Waals surface area (Å²) in [6, 6.07) is -1.48. The molecule has 0 aliphatic rings. The Labute approximate surface area is 352 Å². The number of carbonyl (C=O) groups is 2. The summed E-state index contributed by atoms with van der Waals surface area (Å²) in [4.78, 5) is 33.5. The predicted octanol–water partition coefficient (Wildman–Crippen LogP) is 12.4. The molecule has 0 amide bonds. The third kappa shape index (κ3) is 41.3. The van der Waals surface area contributed by atoms with Crippen LogP contribution < -0.4 is 5.73 Å². The molecule has 10 nitrogen and oxygen atoms in total. The van der Waals surface area contributed by atoms with Gasteiger partial charge in [-0.1, -0.05) is 150 Å². The number of esters is 1. The number of hydrogen-bond donors (Lipinski definition) is 3. The third-order valence-electron chi connectivity index (χ3n) is 8.91. The summed E-state index contributed by atoms with van der Waals surface area (Å²) in [5.74, 6) is -1.81. The van der Waals surface area contributed by atoms with Crippen LogP contribution in [0.4, 0.5) is 0 Å². The monoisotopic (exact) mass is 834 g/mol. The van der Waals surface area contributed by atoms with Crippen molar-refractivity contribution in [2.24, 2.45) is 5.73 Å². The lowest BCUT2D eigenvalue weighted by atomic mass is 10.1. The molecule has 0 aromatic heterocycles. The summed E-state index contributed by atoms with van der Waals surface area (Å²) >= 11 is 0. The molecule has 0 fully saturated rings. The number of rotatable bonds is 41. The molecule has 0 aromatic carbocycles. The lowest BCUT2D eigenvalue weighted by Gasteiger charge is -2.20. The van der Waals surface area contributed by atoms with Crippen LogP contribution in [-0.2, 0) is 32.7 Å². The van der Waals surface area contributed by atoms with Gasteiger partial charge in [-0.05, 0) is 89.9 Å². The van der Waals surface area contributed by atoms with Crippen molar-refractivity contribution < 1.29 is 42.7 Å². The van der Waals surface area contributed by atoms with Crippen LogP contribution in [0.2, 0.25) is 0 Å². The van der Waals surface area contributed by atoms with Gasteiger partial charge in [-0.15, -0.1) is 0 Å². The van der Waals surface area contributed by atoms with Crippen LogP contribution >= 0.6 is 7.82 Å². The number of ether oxygens (including phenoxy) is 2. The fraction of sp³-hybridized carbons (Fsp3) is 0.660. The minimum atomic E-state index is -4.63. The van der Waals surface area contributed by atoms with Gasteiger partial charge < -0.3 is 25.2 Å². The number of hydrogen-bond acceptors (Lipinski definition) is 8. The number of phosphoric ester groups is 1. The number of unbranched alkanes of at least 4 members (excludes halogenated alkanes) is 13. The summed E-state index contributed by atoms with van der Waals surface area (Å²) < 4.78 is 33.3. The fourth-order valence-electron chi connectivity index (χ4n) is 5.48. The second-order valence-corrected chi connectivity index (χ2v) is 15.9.